The molecule has 1 aliphatic carbocycles. The lowest BCUT2D eigenvalue weighted by atomic mass is 10.1. The van der Waals surface area contributed by atoms with Gasteiger partial charge < -0.3 is 14.5 Å². The number of thioether (sulfide) groups is 1. The molecule has 1 aromatic carbocycles. The summed E-state index contributed by atoms with van der Waals surface area (Å²) >= 11 is 1.98. The van der Waals surface area contributed by atoms with Gasteiger partial charge in [-0.3, -0.25) is 0 Å². The van der Waals surface area contributed by atoms with Crippen LogP contribution in [0, 0.1) is 0 Å². The number of para-hydroxylation sites is 1. The summed E-state index contributed by atoms with van der Waals surface area (Å²) in [5.74, 6) is 1.79. The SMILES string of the molecule is COc1cccc2cc(C(C)NC3CCCC3SC)oc12. The number of furan rings is 1. The third-order valence-corrected chi connectivity index (χ3v) is 5.56. The molecule has 3 atom stereocenters. The fourth-order valence-electron chi connectivity index (χ4n) is 3.23. The van der Waals surface area contributed by atoms with Crippen LogP contribution in [0.1, 0.15) is 38.0 Å². The van der Waals surface area contributed by atoms with Crippen molar-refractivity contribution < 1.29 is 9.15 Å². The minimum Gasteiger partial charge on any atom is -0.493 e. The summed E-state index contributed by atoms with van der Waals surface area (Å²) in [4.78, 5) is 0. The molecular formula is C17H23NO2S. The molecule has 1 aromatic heterocycles. The summed E-state index contributed by atoms with van der Waals surface area (Å²) in [6.07, 6.45) is 6.12. The smallest absolute Gasteiger partial charge is 0.176 e. The first kappa shape index (κ1) is 14.8. The molecule has 1 aliphatic rings. The second kappa shape index (κ2) is 6.32. The minimum absolute atomic E-state index is 0.222. The van der Waals surface area contributed by atoms with Gasteiger partial charge in [0, 0.05) is 16.7 Å². The van der Waals surface area contributed by atoms with Crippen molar-refractivity contribution in [1.82, 2.24) is 5.32 Å². The highest BCUT2D eigenvalue weighted by Gasteiger charge is 2.28. The zero-order valence-electron chi connectivity index (χ0n) is 12.9. The summed E-state index contributed by atoms with van der Waals surface area (Å²) in [5.41, 5.74) is 0.844. The lowest BCUT2D eigenvalue weighted by Crippen LogP contribution is -2.35. The van der Waals surface area contributed by atoms with Gasteiger partial charge in [-0.2, -0.15) is 11.8 Å². The molecule has 0 spiro atoms. The van der Waals surface area contributed by atoms with Crippen LogP contribution in [0.5, 0.6) is 5.75 Å². The normalized spacial score (nSPS) is 23.6. The second-order valence-electron chi connectivity index (χ2n) is 5.73. The van der Waals surface area contributed by atoms with E-state index in [0.29, 0.717) is 6.04 Å². The van der Waals surface area contributed by atoms with Crippen LogP contribution < -0.4 is 10.1 Å². The number of hydrogen-bond donors (Lipinski definition) is 1. The number of rotatable bonds is 5. The van der Waals surface area contributed by atoms with E-state index in [1.54, 1.807) is 7.11 Å². The molecule has 0 radical (unpaired) electrons. The largest absolute Gasteiger partial charge is 0.493 e. The van der Waals surface area contributed by atoms with Gasteiger partial charge in [0.1, 0.15) is 5.76 Å². The Morgan fingerprint density at radius 1 is 1.38 bits per heavy atom. The van der Waals surface area contributed by atoms with Gasteiger partial charge in [0.25, 0.3) is 0 Å². The van der Waals surface area contributed by atoms with Crippen molar-refractivity contribution >= 4 is 22.7 Å². The van der Waals surface area contributed by atoms with Crippen LogP contribution in [0.25, 0.3) is 11.0 Å². The number of methoxy groups -OCH3 is 1. The summed E-state index contributed by atoms with van der Waals surface area (Å²) in [6.45, 7) is 2.18. The zero-order valence-corrected chi connectivity index (χ0v) is 13.7. The van der Waals surface area contributed by atoms with E-state index >= 15 is 0 Å². The third-order valence-electron chi connectivity index (χ3n) is 4.39. The molecule has 114 valence electrons. The maximum atomic E-state index is 6.04. The van der Waals surface area contributed by atoms with Crippen LogP contribution >= 0.6 is 11.8 Å². The molecule has 0 aliphatic heterocycles. The Morgan fingerprint density at radius 3 is 3.00 bits per heavy atom. The van der Waals surface area contributed by atoms with Gasteiger partial charge in [0.05, 0.1) is 13.2 Å². The maximum Gasteiger partial charge on any atom is 0.176 e. The Kier molecular flexibility index (Phi) is 4.45. The van der Waals surface area contributed by atoms with Crippen molar-refractivity contribution in [2.24, 2.45) is 0 Å². The topological polar surface area (TPSA) is 34.4 Å². The van der Waals surface area contributed by atoms with Crippen LogP contribution in [0.3, 0.4) is 0 Å². The van der Waals surface area contributed by atoms with Crippen LogP contribution in [0.2, 0.25) is 0 Å². The van der Waals surface area contributed by atoms with E-state index in [1.165, 1.54) is 19.3 Å². The van der Waals surface area contributed by atoms with E-state index < -0.39 is 0 Å². The Bertz CT molecular complexity index is 610. The average Bonchev–Trinajstić information content (AvgIpc) is 3.12. The number of benzene rings is 1. The summed E-state index contributed by atoms with van der Waals surface area (Å²) in [5, 5.41) is 5.57. The molecule has 3 nitrogen and oxygen atoms in total. The standard InChI is InChI=1S/C17H23NO2S/c1-11(18-13-7-5-9-16(13)21-3)15-10-12-6-4-8-14(19-2)17(12)20-15/h4,6,8,10-11,13,16,18H,5,7,9H2,1-3H3. The predicted molar refractivity (Wildman–Crippen MR) is 89.3 cm³/mol. The van der Waals surface area contributed by atoms with Crippen molar-refractivity contribution in [3.63, 3.8) is 0 Å². The van der Waals surface area contributed by atoms with Gasteiger partial charge >= 0.3 is 0 Å². The number of hydrogen-bond acceptors (Lipinski definition) is 4. The molecule has 3 rings (SSSR count). The van der Waals surface area contributed by atoms with Crippen molar-refractivity contribution in [3.05, 3.63) is 30.0 Å². The average molecular weight is 305 g/mol. The molecule has 3 unspecified atom stereocenters. The van der Waals surface area contributed by atoms with Gasteiger partial charge in [0.2, 0.25) is 0 Å². The van der Waals surface area contributed by atoms with Crippen LogP contribution in [-0.2, 0) is 0 Å². The summed E-state index contributed by atoms with van der Waals surface area (Å²) in [7, 11) is 1.68. The fourth-order valence-corrected chi connectivity index (χ4v) is 4.18. The van der Waals surface area contributed by atoms with Crippen LogP contribution in [0.4, 0.5) is 0 Å². The van der Waals surface area contributed by atoms with Crippen molar-refractivity contribution in [3.8, 4) is 5.75 Å². The molecular weight excluding hydrogens is 282 g/mol. The van der Waals surface area contributed by atoms with Gasteiger partial charge in [-0.25, -0.2) is 0 Å². The van der Waals surface area contributed by atoms with Crippen LogP contribution in [-0.4, -0.2) is 24.7 Å². The molecule has 1 fully saturated rings. The monoisotopic (exact) mass is 305 g/mol. The van der Waals surface area contributed by atoms with Crippen molar-refractivity contribution in [2.75, 3.05) is 13.4 Å². The molecule has 0 saturated heterocycles. The number of fused-ring (bicyclic) bond motifs is 1. The number of ether oxygens (including phenoxy) is 1. The molecule has 0 bridgehead atoms. The van der Waals surface area contributed by atoms with E-state index in [2.05, 4.69) is 30.6 Å². The summed E-state index contributed by atoms with van der Waals surface area (Å²) < 4.78 is 11.4. The maximum absolute atomic E-state index is 6.04. The second-order valence-corrected chi connectivity index (χ2v) is 6.80. The Morgan fingerprint density at radius 2 is 2.24 bits per heavy atom. The molecule has 1 N–H and O–H groups in total. The minimum atomic E-state index is 0.222. The zero-order chi connectivity index (χ0) is 14.8. The quantitative estimate of drug-likeness (QED) is 0.889. The highest BCUT2D eigenvalue weighted by atomic mass is 32.2. The van der Waals surface area contributed by atoms with Gasteiger partial charge in [-0.05, 0) is 38.2 Å². The molecule has 1 heterocycles. The lowest BCUT2D eigenvalue weighted by Gasteiger charge is -2.22. The first-order valence-electron chi connectivity index (χ1n) is 7.58. The number of nitrogens with one attached hydrogen (secondary N) is 1. The van der Waals surface area contributed by atoms with Gasteiger partial charge in [-0.1, -0.05) is 18.6 Å². The third kappa shape index (κ3) is 2.92. The molecule has 0 amide bonds. The van der Waals surface area contributed by atoms with Crippen molar-refractivity contribution in [1.29, 1.82) is 0 Å². The highest BCUT2D eigenvalue weighted by molar-refractivity contribution is 7.99. The Hall–Kier alpha value is -1.13. The van der Waals surface area contributed by atoms with E-state index in [0.717, 1.165) is 27.7 Å². The van der Waals surface area contributed by atoms with E-state index in [-0.39, 0.29) is 6.04 Å². The van der Waals surface area contributed by atoms with E-state index in [9.17, 15) is 0 Å². The summed E-state index contributed by atoms with van der Waals surface area (Å²) in [6, 6.07) is 8.94. The lowest BCUT2D eigenvalue weighted by molar-refractivity contribution is 0.387. The molecule has 21 heavy (non-hydrogen) atoms. The first-order chi connectivity index (χ1) is 10.2. The van der Waals surface area contributed by atoms with Gasteiger partial charge in [0.15, 0.2) is 11.3 Å². The van der Waals surface area contributed by atoms with E-state index in [4.69, 9.17) is 9.15 Å². The fraction of sp³-hybridized carbons (Fsp3) is 0.529. The molecule has 4 heteroatoms. The molecule has 2 aromatic rings. The predicted octanol–water partition coefficient (Wildman–Crippen LogP) is 4.38. The van der Waals surface area contributed by atoms with Crippen LogP contribution in [0.15, 0.2) is 28.7 Å². The molecule has 1 saturated carbocycles. The van der Waals surface area contributed by atoms with Gasteiger partial charge in [-0.15, -0.1) is 0 Å². The van der Waals surface area contributed by atoms with Crippen molar-refractivity contribution in [2.45, 2.75) is 43.5 Å². The Labute approximate surface area is 130 Å². The first-order valence-corrected chi connectivity index (χ1v) is 8.87. The van der Waals surface area contributed by atoms with E-state index in [1.807, 2.05) is 23.9 Å². The highest BCUT2D eigenvalue weighted by Crippen LogP contribution is 2.33. The Balaban J connectivity index is 1.80.